The molecule has 0 fully saturated rings. The van der Waals surface area contributed by atoms with Crippen LogP contribution in [-0.4, -0.2) is 99.8 Å². The number of pyridine rings is 2. The van der Waals surface area contributed by atoms with E-state index in [9.17, 15) is 38.7 Å². The fraction of sp³-hybridized carbons (Fsp3) is 0.200. The van der Waals surface area contributed by atoms with Crippen LogP contribution in [0.2, 0.25) is 0 Å². The lowest BCUT2D eigenvalue weighted by atomic mass is 9.90. The molecule has 20 nitrogen and oxygen atoms in total. The Morgan fingerprint density at radius 3 is 1.58 bits per heavy atom. The van der Waals surface area contributed by atoms with Gasteiger partial charge in [0, 0.05) is 73.2 Å². The summed E-state index contributed by atoms with van der Waals surface area (Å²) in [5.74, 6) is -0.470. The van der Waals surface area contributed by atoms with E-state index in [1.807, 2.05) is 147 Å². The molecule has 0 spiro atoms. The third kappa shape index (κ3) is 22.3. The number of imide groups is 1. The van der Waals surface area contributed by atoms with Crippen LogP contribution in [0.4, 0.5) is 16.3 Å². The minimum Gasteiger partial charge on any atom is -0.496 e. The van der Waals surface area contributed by atoms with Crippen molar-refractivity contribution in [3.05, 3.63) is 263 Å². The van der Waals surface area contributed by atoms with Crippen LogP contribution in [-0.2, 0) is 20.9 Å². The first-order chi connectivity index (χ1) is 43.7. The van der Waals surface area contributed by atoms with Crippen LogP contribution in [0.3, 0.4) is 0 Å². The van der Waals surface area contributed by atoms with Crippen molar-refractivity contribution in [1.82, 2.24) is 41.0 Å². The predicted octanol–water partition coefficient (Wildman–Crippen LogP) is 10.8. The molecule has 0 radical (unpaired) electrons. The number of benzene rings is 6. The van der Waals surface area contributed by atoms with Gasteiger partial charge in [0.25, 0.3) is 23.6 Å². The summed E-state index contributed by atoms with van der Waals surface area (Å²) in [7, 11) is 1.62. The second-order valence-corrected chi connectivity index (χ2v) is 19.9. The number of hydrogen-bond acceptors (Lipinski definition) is 13. The van der Waals surface area contributed by atoms with Gasteiger partial charge in [-0.1, -0.05) is 121 Å². The third-order valence-electron chi connectivity index (χ3n) is 13.2. The van der Waals surface area contributed by atoms with Crippen LogP contribution in [0.1, 0.15) is 109 Å². The van der Waals surface area contributed by atoms with Crippen molar-refractivity contribution in [2.75, 3.05) is 44.0 Å². The van der Waals surface area contributed by atoms with Gasteiger partial charge in [0.1, 0.15) is 11.6 Å². The van der Waals surface area contributed by atoms with E-state index in [0.717, 1.165) is 46.4 Å². The lowest BCUT2D eigenvalue weighted by Gasteiger charge is -2.17. The molecule has 7 amide bonds. The molecule has 464 valence electrons. The van der Waals surface area contributed by atoms with Crippen molar-refractivity contribution in [2.24, 2.45) is 0 Å². The second-order valence-electron chi connectivity index (χ2n) is 19.9. The molecule has 90 heavy (non-hydrogen) atoms. The van der Waals surface area contributed by atoms with Gasteiger partial charge < -0.3 is 41.2 Å². The highest BCUT2D eigenvalue weighted by Crippen LogP contribution is 2.26. The average molecular weight is 1220 g/mol. The maximum Gasteiger partial charge on any atom is 0.413 e. The number of rotatable bonds is 21. The lowest BCUT2D eigenvalue weighted by Crippen LogP contribution is -2.35. The van der Waals surface area contributed by atoms with E-state index in [2.05, 4.69) is 47.0 Å². The summed E-state index contributed by atoms with van der Waals surface area (Å²) in [6.07, 6.45) is 7.17. The number of amides is 7. The van der Waals surface area contributed by atoms with E-state index >= 15 is 0 Å². The molecule has 3 aromatic heterocycles. The van der Waals surface area contributed by atoms with Gasteiger partial charge in [-0.3, -0.25) is 44.1 Å². The monoisotopic (exact) mass is 1210 g/mol. The molecular formula is C70H74N10O10. The standard InChI is InChI=1S/C20H20N4O3.C17H17NO3.C17H19NO2.C16H18N4O2/c1-14(26)21-17-9-7-16(8-10-17)20(27)22-19-13-18(23-24(19)11-12-25)15-5-3-2-4-6-15;1-2-21-17(20)18-16(19)15(13-9-5-3-6-10-13)14-11-7-4-8-12-14;1-12-11-15(9-10-16(12)20-3)17(19)18-13(2)14-7-5-4-6-8-14;21-15(13-5-3-7-17-11-13)19-9-1-2-10-20-16(22)14-6-4-8-18-12-14/h2-10,13,25H,11-12H2,1H3,(H,21,26)(H,22,27);3-12,15H,2H2,1H3,(H,18,19,20);4-11,13H,1-3H3,(H,18,19);3-8,11-12H,1-2,9-10H2,(H,19,21)(H,20,22). The Labute approximate surface area is 523 Å². The quantitative estimate of drug-likeness (QED) is 0.0330. The Morgan fingerprint density at radius 2 is 1.10 bits per heavy atom. The van der Waals surface area contributed by atoms with Crippen molar-refractivity contribution in [2.45, 2.75) is 59.0 Å². The summed E-state index contributed by atoms with van der Waals surface area (Å²) in [4.78, 5) is 91.0. The van der Waals surface area contributed by atoms with Crippen molar-refractivity contribution < 1.29 is 48.1 Å². The number of aliphatic hydroxyl groups excluding tert-OH is 1. The molecule has 0 bridgehead atoms. The Hall–Kier alpha value is -11.1. The van der Waals surface area contributed by atoms with Gasteiger partial charge in [0.15, 0.2) is 0 Å². The van der Waals surface area contributed by atoms with Gasteiger partial charge in [-0.15, -0.1) is 0 Å². The number of ether oxygens (including phenoxy) is 2. The summed E-state index contributed by atoms with van der Waals surface area (Å²) < 4.78 is 11.5. The number of carbonyl (C=O) groups excluding carboxylic acids is 7. The maximum absolute atomic E-state index is 12.5. The van der Waals surface area contributed by atoms with Gasteiger partial charge in [-0.25, -0.2) is 9.48 Å². The number of aryl methyl sites for hydroxylation is 1. The molecule has 6 aromatic carbocycles. The molecule has 3 heterocycles. The van der Waals surface area contributed by atoms with Crippen molar-refractivity contribution in [3.8, 4) is 17.0 Å². The number of nitrogens with one attached hydrogen (secondary N) is 6. The minimum atomic E-state index is -0.723. The smallest absolute Gasteiger partial charge is 0.413 e. The fourth-order valence-corrected chi connectivity index (χ4v) is 8.73. The third-order valence-corrected chi connectivity index (χ3v) is 13.2. The van der Waals surface area contributed by atoms with Crippen molar-refractivity contribution in [3.63, 3.8) is 0 Å². The number of unbranched alkanes of at least 4 members (excludes halogenated alkanes) is 1. The Kier molecular flexibility index (Phi) is 27.8. The molecule has 1 atom stereocenters. The van der Waals surface area contributed by atoms with Crippen LogP contribution in [0.5, 0.6) is 5.75 Å². The van der Waals surface area contributed by atoms with Crippen LogP contribution in [0.25, 0.3) is 11.3 Å². The zero-order valence-corrected chi connectivity index (χ0v) is 50.8. The summed E-state index contributed by atoms with van der Waals surface area (Å²) in [6, 6.07) is 58.8. The first-order valence-corrected chi connectivity index (χ1v) is 29.0. The Balaban J connectivity index is 0.000000192. The number of aromatic nitrogens is 4. The molecular weight excluding hydrogens is 1140 g/mol. The fourth-order valence-electron chi connectivity index (χ4n) is 8.73. The van der Waals surface area contributed by atoms with Crippen molar-refractivity contribution >= 4 is 53.0 Å². The first kappa shape index (κ1) is 68.0. The number of alkyl carbamates (subject to hydrolysis) is 1. The molecule has 1 unspecified atom stereocenters. The Morgan fingerprint density at radius 1 is 0.578 bits per heavy atom. The summed E-state index contributed by atoms with van der Waals surface area (Å²) >= 11 is 0. The van der Waals surface area contributed by atoms with E-state index < -0.39 is 17.9 Å². The van der Waals surface area contributed by atoms with Crippen molar-refractivity contribution in [1.29, 1.82) is 0 Å². The van der Waals surface area contributed by atoms with E-state index in [4.69, 9.17) is 9.47 Å². The molecule has 0 aliphatic rings. The molecule has 0 saturated heterocycles. The molecule has 0 aliphatic heterocycles. The predicted molar refractivity (Wildman–Crippen MR) is 346 cm³/mol. The zero-order valence-electron chi connectivity index (χ0n) is 50.8. The number of carbonyl (C=O) groups is 7. The number of nitrogens with zero attached hydrogens (tertiary/aromatic N) is 4. The van der Waals surface area contributed by atoms with Gasteiger partial charge in [-0.2, -0.15) is 5.10 Å². The van der Waals surface area contributed by atoms with Gasteiger partial charge in [-0.05, 0) is 123 Å². The van der Waals surface area contributed by atoms with Crippen LogP contribution < -0.4 is 36.6 Å². The van der Waals surface area contributed by atoms with Gasteiger partial charge >= 0.3 is 6.09 Å². The number of aliphatic hydroxyl groups is 1. The highest BCUT2D eigenvalue weighted by atomic mass is 16.5. The van der Waals surface area contributed by atoms with E-state index in [1.165, 1.54) is 19.3 Å². The highest BCUT2D eigenvalue weighted by molar-refractivity contribution is 6.04. The van der Waals surface area contributed by atoms with Crippen LogP contribution in [0, 0.1) is 6.92 Å². The SMILES string of the molecule is CC(=O)Nc1ccc(C(=O)Nc2cc(-c3ccccc3)nn2CCO)cc1.CCOC(=O)NC(=O)C(c1ccccc1)c1ccccc1.COc1ccc(C(=O)NC(C)c2ccccc2)cc1C.O=C(NCCCCNC(=O)c1cccnc1)c1cccnc1. The topological polar surface area (TPSA) is 274 Å². The summed E-state index contributed by atoms with van der Waals surface area (Å²) in [5.41, 5.74) is 8.13. The van der Waals surface area contributed by atoms with Gasteiger partial charge in [0.05, 0.1) is 55.6 Å². The molecule has 20 heteroatoms. The number of methoxy groups -OCH3 is 1. The largest absolute Gasteiger partial charge is 0.496 e. The van der Waals surface area contributed by atoms with E-state index in [-0.39, 0.29) is 55.3 Å². The average Bonchev–Trinajstić information content (AvgIpc) is 2.52. The molecule has 9 rings (SSSR count). The summed E-state index contributed by atoms with van der Waals surface area (Å²) in [6.45, 7) is 8.55. The summed E-state index contributed by atoms with van der Waals surface area (Å²) in [5, 5.41) is 30.1. The molecule has 0 saturated carbocycles. The number of anilines is 2. The van der Waals surface area contributed by atoms with Crippen LogP contribution >= 0.6 is 0 Å². The Bertz CT molecular complexity index is 3600. The van der Waals surface area contributed by atoms with E-state index in [1.54, 1.807) is 91.8 Å². The molecule has 9 aromatic rings. The second kappa shape index (κ2) is 36.8. The minimum absolute atomic E-state index is 0.0221. The lowest BCUT2D eigenvalue weighted by molar-refractivity contribution is -0.121. The number of hydrogen-bond donors (Lipinski definition) is 7. The van der Waals surface area contributed by atoms with Crippen LogP contribution in [0.15, 0.2) is 219 Å². The normalized spacial score (nSPS) is 10.6. The molecule has 7 N–H and O–H groups in total. The zero-order chi connectivity index (χ0) is 64.5. The van der Waals surface area contributed by atoms with E-state index in [0.29, 0.717) is 52.5 Å². The molecule has 0 aliphatic carbocycles. The highest BCUT2D eigenvalue weighted by Gasteiger charge is 2.25. The van der Waals surface area contributed by atoms with Gasteiger partial charge in [0.2, 0.25) is 11.8 Å². The first-order valence-electron chi connectivity index (χ1n) is 29.0. The maximum atomic E-state index is 12.5.